The van der Waals surface area contributed by atoms with Gasteiger partial charge in [0, 0.05) is 45.1 Å². The monoisotopic (exact) mass is 357 g/mol. The predicted molar refractivity (Wildman–Crippen MR) is 94.4 cm³/mol. The summed E-state index contributed by atoms with van der Waals surface area (Å²) < 4.78 is 11.3. The van der Waals surface area contributed by atoms with Crippen LogP contribution in [0.4, 0.5) is 5.82 Å². The molecule has 26 heavy (non-hydrogen) atoms. The number of nitrogens with zero attached hydrogens (tertiary/aromatic N) is 5. The van der Waals surface area contributed by atoms with E-state index in [-0.39, 0.29) is 12.0 Å². The highest BCUT2D eigenvalue weighted by Gasteiger charge is 2.33. The standard InChI is InChI=1S/C18H23N5O3/c1-22(2)15-7-8-16(20-19-15)25-12-9-10-23(11-12)18(24)17-13-5-3-4-6-14(13)26-21-17/h7-8,12H,3-6,9-11H2,1-2H3/t12-/m1/s1. The fourth-order valence-corrected chi connectivity index (χ4v) is 3.50. The van der Waals surface area contributed by atoms with Gasteiger partial charge < -0.3 is 19.1 Å². The van der Waals surface area contributed by atoms with E-state index in [2.05, 4.69) is 15.4 Å². The van der Waals surface area contributed by atoms with E-state index in [1.165, 1.54) is 0 Å². The second kappa shape index (κ2) is 6.93. The average molecular weight is 357 g/mol. The summed E-state index contributed by atoms with van der Waals surface area (Å²) in [7, 11) is 3.82. The zero-order chi connectivity index (χ0) is 18.1. The Kier molecular flexibility index (Phi) is 4.48. The number of anilines is 1. The molecule has 8 nitrogen and oxygen atoms in total. The van der Waals surface area contributed by atoms with E-state index in [1.54, 1.807) is 11.0 Å². The van der Waals surface area contributed by atoms with Gasteiger partial charge in [-0.05, 0) is 25.3 Å². The highest BCUT2D eigenvalue weighted by atomic mass is 16.5. The Morgan fingerprint density at radius 1 is 1.27 bits per heavy atom. The number of hydrogen-bond donors (Lipinski definition) is 0. The topological polar surface area (TPSA) is 84.6 Å². The van der Waals surface area contributed by atoms with Crippen LogP contribution >= 0.6 is 0 Å². The zero-order valence-corrected chi connectivity index (χ0v) is 15.1. The van der Waals surface area contributed by atoms with Crippen molar-refractivity contribution in [3.63, 3.8) is 0 Å². The second-order valence-electron chi connectivity index (χ2n) is 7.04. The Hall–Kier alpha value is -2.64. The molecule has 1 fully saturated rings. The molecule has 8 heteroatoms. The second-order valence-corrected chi connectivity index (χ2v) is 7.04. The first-order chi connectivity index (χ1) is 12.6. The smallest absolute Gasteiger partial charge is 0.276 e. The third-order valence-electron chi connectivity index (χ3n) is 4.96. The van der Waals surface area contributed by atoms with Gasteiger partial charge in [-0.3, -0.25) is 4.79 Å². The number of aryl methyl sites for hydroxylation is 1. The van der Waals surface area contributed by atoms with Crippen LogP contribution in [-0.4, -0.2) is 59.4 Å². The fourth-order valence-electron chi connectivity index (χ4n) is 3.50. The SMILES string of the molecule is CN(C)c1ccc(O[C@@H]2CCN(C(=O)c3noc4c3CCCC4)C2)nn1. The third-order valence-corrected chi connectivity index (χ3v) is 4.96. The first-order valence-electron chi connectivity index (χ1n) is 9.06. The molecule has 0 aromatic carbocycles. The minimum atomic E-state index is -0.0822. The van der Waals surface area contributed by atoms with Crippen molar-refractivity contribution >= 4 is 11.7 Å². The number of rotatable bonds is 4. The van der Waals surface area contributed by atoms with Crippen molar-refractivity contribution < 1.29 is 14.1 Å². The van der Waals surface area contributed by atoms with Crippen LogP contribution in [-0.2, 0) is 12.8 Å². The summed E-state index contributed by atoms with van der Waals surface area (Å²) in [6, 6.07) is 3.67. The van der Waals surface area contributed by atoms with Crippen LogP contribution in [0.25, 0.3) is 0 Å². The van der Waals surface area contributed by atoms with Gasteiger partial charge in [0.15, 0.2) is 11.5 Å². The van der Waals surface area contributed by atoms with Gasteiger partial charge >= 0.3 is 0 Å². The molecule has 0 unspecified atom stereocenters. The number of fused-ring (bicyclic) bond motifs is 1. The lowest BCUT2D eigenvalue weighted by Gasteiger charge is -2.17. The first kappa shape index (κ1) is 16.8. The van der Waals surface area contributed by atoms with Crippen molar-refractivity contribution in [3.8, 4) is 5.88 Å². The maximum Gasteiger partial charge on any atom is 0.276 e. The van der Waals surface area contributed by atoms with Crippen molar-refractivity contribution in [1.29, 1.82) is 0 Å². The Morgan fingerprint density at radius 2 is 2.12 bits per heavy atom. The molecular formula is C18H23N5O3. The highest BCUT2D eigenvalue weighted by Crippen LogP contribution is 2.26. The Labute approximate surface area is 152 Å². The van der Waals surface area contributed by atoms with Crippen molar-refractivity contribution in [3.05, 3.63) is 29.2 Å². The Morgan fingerprint density at radius 3 is 2.88 bits per heavy atom. The van der Waals surface area contributed by atoms with E-state index in [1.807, 2.05) is 25.1 Å². The van der Waals surface area contributed by atoms with E-state index >= 15 is 0 Å². The molecule has 3 heterocycles. The van der Waals surface area contributed by atoms with Crippen molar-refractivity contribution in [1.82, 2.24) is 20.3 Å². The van der Waals surface area contributed by atoms with Gasteiger partial charge in [0.1, 0.15) is 11.9 Å². The van der Waals surface area contributed by atoms with Gasteiger partial charge in [-0.15, -0.1) is 10.2 Å². The highest BCUT2D eigenvalue weighted by molar-refractivity contribution is 5.94. The van der Waals surface area contributed by atoms with E-state index in [9.17, 15) is 4.79 Å². The van der Waals surface area contributed by atoms with Crippen LogP contribution in [0.15, 0.2) is 16.7 Å². The summed E-state index contributed by atoms with van der Waals surface area (Å²) >= 11 is 0. The summed E-state index contributed by atoms with van der Waals surface area (Å²) in [5.41, 5.74) is 1.48. The molecule has 2 aromatic heterocycles. The normalized spacial score (nSPS) is 19.3. The van der Waals surface area contributed by atoms with E-state index < -0.39 is 0 Å². The Balaban J connectivity index is 1.39. The van der Waals surface area contributed by atoms with Gasteiger partial charge in [0.2, 0.25) is 5.88 Å². The molecule has 1 atom stereocenters. The minimum Gasteiger partial charge on any atom is -0.471 e. The molecule has 2 aromatic rings. The molecule has 2 aliphatic rings. The number of aromatic nitrogens is 3. The summed E-state index contributed by atoms with van der Waals surface area (Å²) in [4.78, 5) is 16.5. The first-order valence-corrected chi connectivity index (χ1v) is 9.06. The fraction of sp³-hybridized carbons (Fsp3) is 0.556. The van der Waals surface area contributed by atoms with E-state index in [0.29, 0.717) is 24.7 Å². The summed E-state index contributed by atoms with van der Waals surface area (Å²) in [5, 5.41) is 12.3. The number of carbonyl (C=O) groups is 1. The maximum atomic E-state index is 12.8. The molecule has 0 bridgehead atoms. The van der Waals surface area contributed by atoms with E-state index in [4.69, 9.17) is 9.26 Å². The van der Waals surface area contributed by atoms with E-state index in [0.717, 1.165) is 49.2 Å². The van der Waals surface area contributed by atoms with Crippen LogP contribution in [0.5, 0.6) is 5.88 Å². The van der Waals surface area contributed by atoms with Crippen LogP contribution < -0.4 is 9.64 Å². The van der Waals surface area contributed by atoms with Gasteiger partial charge in [-0.25, -0.2) is 0 Å². The lowest BCUT2D eigenvalue weighted by Crippen LogP contribution is -2.32. The third kappa shape index (κ3) is 3.23. The van der Waals surface area contributed by atoms with Crippen LogP contribution in [0, 0.1) is 0 Å². The lowest BCUT2D eigenvalue weighted by atomic mass is 9.96. The largest absolute Gasteiger partial charge is 0.471 e. The maximum absolute atomic E-state index is 12.8. The van der Waals surface area contributed by atoms with Gasteiger partial charge in [0.25, 0.3) is 5.91 Å². The van der Waals surface area contributed by atoms with Gasteiger partial charge in [-0.1, -0.05) is 5.16 Å². The summed E-state index contributed by atoms with van der Waals surface area (Å²) in [5.74, 6) is 2.07. The molecule has 0 N–H and O–H groups in total. The number of likely N-dealkylation sites (tertiary alicyclic amines) is 1. The number of ether oxygens (including phenoxy) is 1. The summed E-state index contributed by atoms with van der Waals surface area (Å²) in [6.07, 6.45) is 4.62. The minimum absolute atomic E-state index is 0.0583. The molecule has 1 amide bonds. The van der Waals surface area contributed by atoms with Crippen LogP contribution in [0.1, 0.15) is 41.1 Å². The van der Waals surface area contributed by atoms with Crippen LogP contribution in [0.3, 0.4) is 0 Å². The van der Waals surface area contributed by atoms with Crippen molar-refractivity contribution in [2.24, 2.45) is 0 Å². The molecule has 1 aliphatic carbocycles. The Bertz CT molecular complexity index is 787. The quantitative estimate of drug-likeness (QED) is 0.823. The number of amides is 1. The van der Waals surface area contributed by atoms with Crippen molar-refractivity contribution in [2.45, 2.75) is 38.2 Å². The average Bonchev–Trinajstić information content (AvgIpc) is 3.28. The zero-order valence-electron chi connectivity index (χ0n) is 15.1. The molecule has 1 aliphatic heterocycles. The summed E-state index contributed by atoms with van der Waals surface area (Å²) in [6.45, 7) is 1.17. The molecular weight excluding hydrogens is 334 g/mol. The molecule has 0 saturated carbocycles. The van der Waals surface area contributed by atoms with Crippen LogP contribution in [0.2, 0.25) is 0 Å². The predicted octanol–water partition coefficient (Wildman–Crippen LogP) is 1.70. The van der Waals surface area contributed by atoms with Gasteiger partial charge in [-0.2, -0.15) is 0 Å². The molecule has 4 rings (SSSR count). The number of hydrogen-bond acceptors (Lipinski definition) is 7. The molecule has 0 radical (unpaired) electrons. The van der Waals surface area contributed by atoms with Gasteiger partial charge in [0.05, 0.1) is 6.54 Å². The lowest BCUT2D eigenvalue weighted by molar-refractivity contribution is 0.0759. The molecule has 138 valence electrons. The number of carbonyl (C=O) groups excluding carboxylic acids is 1. The van der Waals surface area contributed by atoms with Crippen molar-refractivity contribution in [2.75, 3.05) is 32.1 Å². The molecule has 1 saturated heterocycles. The molecule has 0 spiro atoms.